The fourth-order valence-corrected chi connectivity index (χ4v) is 2.31. The predicted molar refractivity (Wildman–Crippen MR) is 48.7 cm³/mol. The van der Waals surface area contributed by atoms with Crippen LogP contribution in [0.1, 0.15) is 32.6 Å². The Kier molecular flexibility index (Phi) is 1.87. The zero-order valence-corrected chi connectivity index (χ0v) is 7.71. The van der Waals surface area contributed by atoms with Crippen LogP contribution in [-0.4, -0.2) is 28.7 Å². The van der Waals surface area contributed by atoms with Crippen molar-refractivity contribution in [2.24, 2.45) is 0 Å². The Bertz CT molecular complexity index is 208. The van der Waals surface area contributed by atoms with Gasteiger partial charge in [-0.2, -0.15) is 0 Å². The second kappa shape index (κ2) is 2.77. The molecule has 0 aliphatic carbocycles. The van der Waals surface area contributed by atoms with Crippen molar-refractivity contribution in [3.05, 3.63) is 11.8 Å². The van der Waals surface area contributed by atoms with Gasteiger partial charge < -0.3 is 10.0 Å². The van der Waals surface area contributed by atoms with Crippen molar-refractivity contribution >= 4 is 0 Å². The van der Waals surface area contributed by atoms with Crippen LogP contribution in [-0.2, 0) is 0 Å². The molecule has 0 amide bonds. The molecule has 1 fully saturated rings. The number of fused-ring (bicyclic) bond motifs is 1. The van der Waals surface area contributed by atoms with E-state index in [1.165, 1.54) is 12.1 Å². The van der Waals surface area contributed by atoms with Crippen molar-refractivity contribution in [1.82, 2.24) is 4.90 Å². The molecule has 0 aromatic rings. The van der Waals surface area contributed by atoms with E-state index in [9.17, 15) is 5.11 Å². The molecule has 0 spiro atoms. The highest BCUT2D eigenvalue weighted by Crippen LogP contribution is 2.33. The van der Waals surface area contributed by atoms with Crippen LogP contribution in [0.4, 0.5) is 0 Å². The Morgan fingerprint density at radius 3 is 2.92 bits per heavy atom. The number of nitrogens with zero attached hydrogens (tertiary/aromatic N) is 1. The van der Waals surface area contributed by atoms with Crippen LogP contribution >= 0.6 is 0 Å². The Labute approximate surface area is 73.9 Å². The van der Waals surface area contributed by atoms with E-state index in [-0.39, 0.29) is 0 Å². The van der Waals surface area contributed by atoms with Gasteiger partial charge in [-0.3, -0.25) is 0 Å². The van der Waals surface area contributed by atoms with Gasteiger partial charge in [0.15, 0.2) is 0 Å². The van der Waals surface area contributed by atoms with Gasteiger partial charge in [0.05, 0.1) is 0 Å². The average molecular weight is 167 g/mol. The lowest BCUT2D eigenvalue weighted by molar-refractivity contribution is 0.0251. The molecule has 2 aliphatic rings. The van der Waals surface area contributed by atoms with Crippen molar-refractivity contribution in [1.29, 1.82) is 0 Å². The third-order valence-corrected chi connectivity index (χ3v) is 2.95. The molecule has 0 bridgehead atoms. The molecule has 2 aliphatic heterocycles. The predicted octanol–water partition coefficient (Wildman–Crippen LogP) is 1.51. The fraction of sp³-hybridized carbons (Fsp3) is 0.800. The SMILES string of the molecule is CC1(O)CCCN2CCCC=C21. The van der Waals surface area contributed by atoms with Gasteiger partial charge in [0.2, 0.25) is 0 Å². The summed E-state index contributed by atoms with van der Waals surface area (Å²) in [5.74, 6) is 0. The second-order valence-corrected chi connectivity index (χ2v) is 4.10. The maximum atomic E-state index is 10.1. The Morgan fingerprint density at radius 1 is 1.42 bits per heavy atom. The summed E-state index contributed by atoms with van der Waals surface area (Å²) in [7, 11) is 0. The number of rotatable bonds is 0. The molecule has 68 valence electrons. The van der Waals surface area contributed by atoms with Crippen LogP contribution in [0.2, 0.25) is 0 Å². The third kappa shape index (κ3) is 1.24. The fourth-order valence-electron chi connectivity index (χ4n) is 2.31. The number of piperidine rings is 1. The summed E-state index contributed by atoms with van der Waals surface area (Å²) < 4.78 is 0. The molecule has 0 aromatic heterocycles. The smallest absolute Gasteiger partial charge is 0.101 e. The highest BCUT2D eigenvalue weighted by atomic mass is 16.3. The van der Waals surface area contributed by atoms with E-state index >= 15 is 0 Å². The molecule has 0 radical (unpaired) electrons. The van der Waals surface area contributed by atoms with Crippen LogP contribution in [0, 0.1) is 0 Å². The molecule has 0 saturated carbocycles. The summed E-state index contributed by atoms with van der Waals surface area (Å²) in [5, 5.41) is 10.1. The molecule has 12 heavy (non-hydrogen) atoms. The van der Waals surface area contributed by atoms with Gasteiger partial charge >= 0.3 is 0 Å². The van der Waals surface area contributed by atoms with Crippen molar-refractivity contribution in [3.8, 4) is 0 Å². The molecule has 1 saturated heterocycles. The Hall–Kier alpha value is -0.500. The topological polar surface area (TPSA) is 23.5 Å². The van der Waals surface area contributed by atoms with Gasteiger partial charge in [-0.1, -0.05) is 6.08 Å². The van der Waals surface area contributed by atoms with Crippen LogP contribution in [0.3, 0.4) is 0 Å². The van der Waals surface area contributed by atoms with Gasteiger partial charge in [0, 0.05) is 18.8 Å². The molecular weight excluding hydrogens is 150 g/mol. The van der Waals surface area contributed by atoms with Gasteiger partial charge in [-0.05, 0) is 32.6 Å². The van der Waals surface area contributed by atoms with Gasteiger partial charge in [-0.25, -0.2) is 0 Å². The van der Waals surface area contributed by atoms with E-state index in [1.54, 1.807) is 0 Å². The summed E-state index contributed by atoms with van der Waals surface area (Å²) in [5.41, 5.74) is 0.638. The molecule has 1 unspecified atom stereocenters. The lowest BCUT2D eigenvalue weighted by Gasteiger charge is -2.43. The van der Waals surface area contributed by atoms with Gasteiger partial charge in [0.1, 0.15) is 5.60 Å². The monoisotopic (exact) mass is 167 g/mol. The standard InChI is InChI=1S/C10H17NO/c1-10(12)6-4-8-11-7-3-2-5-9(10)11/h5,12H,2-4,6-8H2,1H3. The van der Waals surface area contributed by atoms with Crippen molar-refractivity contribution in [2.75, 3.05) is 13.1 Å². The summed E-state index contributed by atoms with van der Waals surface area (Å²) in [6.45, 7) is 4.22. The molecular formula is C10H17NO. The first-order chi connectivity index (χ1) is 5.70. The van der Waals surface area contributed by atoms with Crippen LogP contribution in [0.5, 0.6) is 0 Å². The minimum atomic E-state index is -0.543. The Balaban J connectivity index is 2.24. The van der Waals surface area contributed by atoms with E-state index < -0.39 is 5.60 Å². The highest BCUT2D eigenvalue weighted by molar-refractivity contribution is 5.18. The third-order valence-electron chi connectivity index (χ3n) is 2.95. The number of hydrogen-bond donors (Lipinski definition) is 1. The largest absolute Gasteiger partial charge is 0.384 e. The minimum absolute atomic E-state index is 0.543. The normalized spacial score (nSPS) is 35.8. The Morgan fingerprint density at radius 2 is 2.17 bits per heavy atom. The van der Waals surface area contributed by atoms with E-state index in [0.717, 1.165) is 32.4 Å². The van der Waals surface area contributed by atoms with Crippen molar-refractivity contribution < 1.29 is 5.11 Å². The maximum absolute atomic E-state index is 10.1. The highest BCUT2D eigenvalue weighted by Gasteiger charge is 2.34. The molecule has 2 rings (SSSR count). The van der Waals surface area contributed by atoms with E-state index in [4.69, 9.17) is 0 Å². The molecule has 2 heterocycles. The van der Waals surface area contributed by atoms with E-state index in [1.807, 2.05) is 6.92 Å². The van der Waals surface area contributed by atoms with Crippen LogP contribution in [0.25, 0.3) is 0 Å². The summed E-state index contributed by atoms with van der Waals surface area (Å²) in [6, 6.07) is 0. The van der Waals surface area contributed by atoms with Crippen molar-refractivity contribution in [2.45, 2.75) is 38.2 Å². The number of allylic oxidation sites excluding steroid dienone is 1. The maximum Gasteiger partial charge on any atom is 0.101 e. The first-order valence-corrected chi connectivity index (χ1v) is 4.88. The van der Waals surface area contributed by atoms with Gasteiger partial charge in [0.25, 0.3) is 0 Å². The lowest BCUT2D eigenvalue weighted by atomic mass is 9.88. The molecule has 2 heteroatoms. The molecule has 0 aromatic carbocycles. The zero-order chi connectivity index (χ0) is 8.60. The summed E-state index contributed by atoms with van der Waals surface area (Å²) in [6.07, 6.45) is 6.66. The van der Waals surface area contributed by atoms with Crippen molar-refractivity contribution in [3.63, 3.8) is 0 Å². The average Bonchev–Trinajstić information content (AvgIpc) is 2.04. The van der Waals surface area contributed by atoms with E-state index in [2.05, 4.69) is 11.0 Å². The zero-order valence-electron chi connectivity index (χ0n) is 7.71. The van der Waals surface area contributed by atoms with Crippen LogP contribution in [0.15, 0.2) is 11.8 Å². The minimum Gasteiger partial charge on any atom is -0.384 e. The lowest BCUT2D eigenvalue weighted by Crippen LogP contribution is -2.45. The molecule has 1 N–H and O–H groups in total. The molecule has 2 nitrogen and oxygen atoms in total. The summed E-state index contributed by atoms with van der Waals surface area (Å²) in [4.78, 5) is 2.34. The number of aliphatic hydroxyl groups is 1. The second-order valence-electron chi connectivity index (χ2n) is 4.10. The van der Waals surface area contributed by atoms with E-state index in [0.29, 0.717) is 0 Å². The first kappa shape index (κ1) is 8.11. The van der Waals surface area contributed by atoms with Crippen LogP contribution < -0.4 is 0 Å². The first-order valence-electron chi connectivity index (χ1n) is 4.88. The van der Waals surface area contributed by atoms with Gasteiger partial charge in [-0.15, -0.1) is 0 Å². The quantitative estimate of drug-likeness (QED) is 0.591. The summed E-state index contributed by atoms with van der Waals surface area (Å²) >= 11 is 0. The number of hydrogen-bond acceptors (Lipinski definition) is 2. The molecule has 1 atom stereocenters.